The Morgan fingerprint density at radius 1 is 1.04 bits per heavy atom. The number of nitrogens with zero attached hydrogens (tertiary/aromatic N) is 1. The van der Waals surface area contributed by atoms with Gasteiger partial charge in [0.2, 0.25) is 0 Å². The number of aryl methyl sites for hydroxylation is 1. The van der Waals surface area contributed by atoms with Gasteiger partial charge in [0.1, 0.15) is 12.4 Å². The highest BCUT2D eigenvalue weighted by Gasteiger charge is 2.09. The van der Waals surface area contributed by atoms with Crippen molar-refractivity contribution in [2.75, 3.05) is 6.54 Å². The van der Waals surface area contributed by atoms with Crippen LogP contribution in [0.15, 0.2) is 72.9 Å². The van der Waals surface area contributed by atoms with Crippen molar-refractivity contribution in [3.8, 4) is 5.75 Å². The molecule has 0 spiro atoms. The van der Waals surface area contributed by atoms with E-state index in [1.807, 2.05) is 73.7 Å². The SMILES string of the molecule is Cc1ncccc1CNCC(O)c1cccc(OCc2ccccc2)c1. The van der Waals surface area contributed by atoms with Gasteiger partial charge < -0.3 is 15.2 Å². The van der Waals surface area contributed by atoms with Crippen LogP contribution < -0.4 is 10.1 Å². The molecule has 0 radical (unpaired) electrons. The summed E-state index contributed by atoms with van der Waals surface area (Å²) in [6.45, 7) is 3.65. The molecule has 1 aromatic heterocycles. The number of rotatable bonds is 8. The average Bonchev–Trinajstić information content (AvgIpc) is 2.69. The fourth-order valence-electron chi connectivity index (χ4n) is 2.72. The second-order valence-corrected chi connectivity index (χ2v) is 6.24. The van der Waals surface area contributed by atoms with Crippen molar-refractivity contribution in [2.24, 2.45) is 0 Å². The summed E-state index contributed by atoms with van der Waals surface area (Å²) in [7, 11) is 0. The van der Waals surface area contributed by atoms with Crippen LogP contribution in [-0.4, -0.2) is 16.6 Å². The number of ether oxygens (including phenoxy) is 1. The molecule has 0 saturated heterocycles. The third kappa shape index (κ3) is 5.15. The minimum absolute atomic E-state index is 0.469. The van der Waals surface area contributed by atoms with Crippen LogP contribution in [0, 0.1) is 6.92 Å². The summed E-state index contributed by atoms with van der Waals surface area (Å²) in [6, 6.07) is 21.6. The van der Waals surface area contributed by atoms with Crippen molar-refractivity contribution in [2.45, 2.75) is 26.2 Å². The maximum Gasteiger partial charge on any atom is 0.120 e. The zero-order chi connectivity index (χ0) is 18.2. The molecule has 3 rings (SSSR count). The first kappa shape index (κ1) is 18.1. The summed E-state index contributed by atoms with van der Waals surface area (Å²) in [5.41, 5.74) is 4.10. The second kappa shape index (κ2) is 9.13. The summed E-state index contributed by atoms with van der Waals surface area (Å²) in [5.74, 6) is 0.758. The van der Waals surface area contributed by atoms with Crippen LogP contribution in [0.25, 0.3) is 0 Å². The minimum Gasteiger partial charge on any atom is -0.489 e. The molecule has 134 valence electrons. The van der Waals surface area contributed by atoms with Gasteiger partial charge in [-0.15, -0.1) is 0 Å². The summed E-state index contributed by atoms with van der Waals surface area (Å²) in [6.07, 6.45) is 1.20. The number of aliphatic hydroxyl groups is 1. The minimum atomic E-state index is -0.591. The Bertz CT molecular complexity index is 821. The number of aliphatic hydroxyl groups excluding tert-OH is 1. The van der Waals surface area contributed by atoms with E-state index in [1.54, 1.807) is 6.20 Å². The molecule has 1 unspecified atom stereocenters. The standard InChI is InChI=1S/C22H24N2O2/c1-17-20(10-6-12-24-17)14-23-15-22(25)19-9-5-11-21(13-19)26-16-18-7-3-2-4-8-18/h2-13,22-23,25H,14-16H2,1H3. The number of nitrogens with one attached hydrogen (secondary N) is 1. The fourth-order valence-corrected chi connectivity index (χ4v) is 2.72. The quantitative estimate of drug-likeness (QED) is 0.650. The van der Waals surface area contributed by atoms with E-state index in [1.165, 1.54) is 0 Å². The Morgan fingerprint density at radius 3 is 2.69 bits per heavy atom. The smallest absolute Gasteiger partial charge is 0.120 e. The summed E-state index contributed by atoms with van der Waals surface area (Å²) < 4.78 is 5.83. The maximum absolute atomic E-state index is 10.4. The van der Waals surface area contributed by atoms with Crippen molar-refractivity contribution >= 4 is 0 Å². The largest absolute Gasteiger partial charge is 0.489 e. The van der Waals surface area contributed by atoms with Crippen molar-refractivity contribution in [1.82, 2.24) is 10.3 Å². The number of hydrogen-bond donors (Lipinski definition) is 2. The molecule has 2 aromatic carbocycles. The molecule has 0 bridgehead atoms. The van der Waals surface area contributed by atoms with Gasteiger partial charge in [0.15, 0.2) is 0 Å². The molecule has 1 atom stereocenters. The molecule has 0 aliphatic carbocycles. The van der Waals surface area contributed by atoms with Gasteiger partial charge in [-0.2, -0.15) is 0 Å². The predicted octanol–water partition coefficient (Wildman–Crippen LogP) is 3.79. The first-order valence-electron chi connectivity index (χ1n) is 8.78. The van der Waals surface area contributed by atoms with Gasteiger partial charge in [0.25, 0.3) is 0 Å². The highest BCUT2D eigenvalue weighted by atomic mass is 16.5. The van der Waals surface area contributed by atoms with Gasteiger partial charge >= 0.3 is 0 Å². The van der Waals surface area contributed by atoms with Crippen molar-refractivity contribution in [3.05, 3.63) is 95.3 Å². The van der Waals surface area contributed by atoms with E-state index in [2.05, 4.69) is 10.3 Å². The summed E-state index contributed by atoms with van der Waals surface area (Å²) in [4.78, 5) is 4.27. The van der Waals surface area contributed by atoms with E-state index in [4.69, 9.17) is 4.74 Å². The van der Waals surface area contributed by atoms with Crippen LogP contribution in [0.1, 0.15) is 28.5 Å². The molecule has 26 heavy (non-hydrogen) atoms. The monoisotopic (exact) mass is 348 g/mol. The van der Waals surface area contributed by atoms with E-state index in [-0.39, 0.29) is 0 Å². The van der Waals surface area contributed by atoms with E-state index in [0.717, 1.165) is 28.1 Å². The molecule has 0 fully saturated rings. The van der Waals surface area contributed by atoms with E-state index < -0.39 is 6.10 Å². The fraction of sp³-hybridized carbons (Fsp3) is 0.227. The molecule has 1 heterocycles. The first-order valence-corrected chi connectivity index (χ1v) is 8.78. The zero-order valence-electron chi connectivity index (χ0n) is 14.9. The first-order chi connectivity index (χ1) is 12.7. The molecular formula is C22H24N2O2. The zero-order valence-corrected chi connectivity index (χ0v) is 14.9. The van der Waals surface area contributed by atoms with Gasteiger partial charge in [-0.1, -0.05) is 48.5 Å². The lowest BCUT2D eigenvalue weighted by molar-refractivity contribution is 0.173. The van der Waals surface area contributed by atoms with Crippen molar-refractivity contribution < 1.29 is 9.84 Å². The van der Waals surface area contributed by atoms with E-state index in [0.29, 0.717) is 19.7 Å². The number of hydrogen-bond acceptors (Lipinski definition) is 4. The van der Waals surface area contributed by atoms with Gasteiger partial charge in [-0.3, -0.25) is 4.98 Å². The van der Waals surface area contributed by atoms with Crippen molar-refractivity contribution in [3.63, 3.8) is 0 Å². The van der Waals surface area contributed by atoms with Crippen LogP contribution in [0.5, 0.6) is 5.75 Å². The number of benzene rings is 2. The highest BCUT2D eigenvalue weighted by Crippen LogP contribution is 2.20. The molecule has 0 aliphatic heterocycles. The van der Waals surface area contributed by atoms with Crippen LogP contribution in [0.3, 0.4) is 0 Å². The van der Waals surface area contributed by atoms with Crippen LogP contribution in [-0.2, 0) is 13.2 Å². The molecule has 0 aliphatic rings. The third-order valence-corrected chi connectivity index (χ3v) is 4.26. The highest BCUT2D eigenvalue weighted by molar-refractivity contribution is 5.30. The lowest BCUT2D eigenvalue weighted by Gasteiger charge is -2.14. The maximum atomic E-state index is 10.4. The Hall–Kier alpha value is -2.69. The average molecular weight is 348 g/mol. The van der Waals surface area contributed by atoms with E-state index in [9.17, 15) is 5.11 Å². The second-order valence-electron chi connectivity index (χ2n) is 6.24. The lowest BCUT2D eigenvalue weighted by atomic mass is 10.1. The third-order valence-electron chi connectivity index (χ3n) is 4.26. The van der Waals surface area contributed by atoms with Crippen LogP contribution in [0.4, 0.5) is 0 Å². The van der Waals surface area contributed by atoms with Gasteiger partial charge in [-0.25, -0.2) is 0 Å². The number of aromatic nitrogens is 1. The Kier molecular flexibility index (Phi) is 6.36. The summed E-state index contributed by atoms with van der Waals surface area (Å²) in [5, 5.41) is 13.7. The molecular weight excluding hydrogens is 324 g/mol. The molecule has 3 aromatic rings. The molecule has 0 amide bonds. The topological polar surface area (TPSA) is 54.4 Å². The predicted molar refractivity (Wildman–Crippen MR) is 103 cm³/mol. The van der Waals surface area contributed by atoms with Gasteiger partial charge in [0, 0.05) is 25.0 Å². The van der Waals surface area contributed by atoms with Crippen LogP contribution >= 0.6 is 0 Å². The lowest BCUT2D eigenvalue weighted by Crippen LogP contribution is -2.21. The molecule has 4 heteroatoms. The van der Waals surface area contributed by atoms with Crippen molar-refractivity contribution in [1.29, 1.82) is 0 Å². The Morgan fingerprint density at radius 2 is 1.88 bits per heavy atom. The number of pyridine rings is 1. The summed E-state index contributed by atoms with van der Waals surface area (Å²) >= 11 is 0. The normalized spacial score (nSPS) is 11.9. The molecule has 4 nitrogen and oxygen atoms in total. The molecule has 2 N–H and O–H groups in total. The Balaban J connectivity index is 1.52. The molecule has 0 saturated carbocycles. The van der Waals surface area contributed by atoms with Gasteiger partial charge in [-0.05, 0) is 41.8 Å². The van der Waals surface area contributed by atoms with Crippen LogP contribution in [0.2, 0.25) is 0 Å². The van der Waals surface area contributed by atoms with E-state index >= 15 is 0 Å². The Labute approximate surface area is 154 Å². The van der Waals surface area contributed by atoms with Gasteiger partial charge in [0.05, 0.1) is 6.10 Å².